The number of ether oxygens (including phenoxy) is 2. The van der Waals surface area contributed by atoms with Crippen LogP contribution >= 0.6 is 45.6 Å². The van der Waals surface area contributed by atoms with Crippen LogP contribution in [0.15, 0.2) is 29.2 Å². The summed E-state index contributed by atoms with van der Waals surface area (Å²) in [5.74, 6) is 0.553. The molecule has 0 unspecified atom stereocenters. The van der Waals surface area contributed by atoms with E-state index in [0.29, 0.717) is 25.6 Å². The summed E-state index contributed by atoms with van der Waals surface area (Å²) in [6.07, 6.45) is 2.11. The largest absolute Gasteiger partial charge is 0.491 e. The van der Waals surface area contributed by atoms with Crippen LogP contribution in [0.3, 0.4) is 0 Å². The van der Waals surface area contributed by atoms with Crippen LogP contribution in [0, 0.1) is 0 Å². The van der Waals surface area contributed by atoms with Crippen LogP contribution in [0.2, 0.25) is 0 Å². The number of rotatable bonds is 9. The maximum atomic E-state index is 12.0. The van der Waals surface area contributed by atoms with E-state index in [0.717, 1.165) is 12.8 Å². The lowest BCUT2D eigenvalue weighted by atomic mass is 10.3. The molecular weight excluding hydrogens is 391 g/mol. The van der Waals surface area contributed by atoms with Crippen LogP contribution in [-0.2, 0) is 13.6 Å². The fourth-order valence-electron chi connectivity index (χ4n) is 1.44. The molecule has 0 N–H and O–H groups in total. The molecule has 0 atom stereocenters. The van der Waals surface area contributed by atoms with Gasteiger partial charge in [0.05, 0.1) is 11.5 Å². The van der Waals surface area contributed by atoms with Crippen molar-refractivity contribution in [3.63, 3.8) is 0 Å². The monoisotopic (exact) mass is 406 g/mol. The summed E-state index contributed by atoms with van der Waals surface area (Å²) >= 11 is 16.5. The van der Waals surface area contributed by atoms with E-state index in [2.05, 4.69) is 6.92 Å². The van der Waals surface area contributed by atoms with Crippen molar-refractivity contribution in [2.75, 3.05) is 19.8 Å². The summed E-state index contributed by atoms with van der Waals surface area (Å²) in [6, 6.07) is 5.92. The van der Waals surface area contributed by atoms with Crippen molar-refractivity contribution in [3.8, 4) is 5.75 Å². The molecule has 0 spiro atoms. The van der Waals surface area contributed by atoms with Crippen LogP contribution in [0.5, 0.6) is 5.75 Å². The van der Waals surface area contributed by atoms with E-state index in [9.17, 15) is 8.42 Å². The predicted molar refractivity (Wildman–Crippen MR) is 92.7 cm³/mol. The number of hydrogen-bond acceptors (Lipinski definition) is 5. The van der Waals surface area contributed by atoms with Crippen molar-refractivity contribution in [2.45, 2.75) is 27.8 Å². The lowest BCUT2D eigenvalue weighted by Crippen LogP contribution is -2.07. The van der Waals surface area contributed by atoms with E-state index in [1.807, 2.05) is 0 Å². The van der Waals surface area contributed by atoms with Crippen LogP contribution in [-0.4, -0.2) is 31.4 Å². The zero-order chi connectivity index (χ0) is 16.6. The first-order valence-electron chi connectivity index (χ1n) is 6.57. The Kier molecular flexibility index (Phi) is 8.67. The Morgan fingerprint density at radius 1 is 1.09 bits per heavy atom. The van der Waals surface area contributed by atoms with Gasteiger partial charge in [0.1, 0.15) is 12.4 Å². The number of halogens is 3. The van der Waals surface area contributed by atoms with Crippen LogP contribution in [0.4, 0.5) is 0 Å². The van der Waals surface area contributed by atoms with Gasteiger partial charge in [-0.25, -0.2) is 8.42 Å². The fraction of sp³-hybridized carbons (Fsp3) is 0.538. The highest BCUT2D eigenvalue weighted by Crippen LogP contribution is 2.44. The summed E-state index contributed by atoms with van der Waals surface area (Å²) in [5, 5.41) is 0. The van der Waals surface area contributed by atoms with Gasteiger partial charge in [-0.05, 0) is 30.7 Å². The van der Waals surface area contributed by atoms with Crippen molar-refractivity contribution in [2.24, 2.45) is 0 Å². The maximum Gasteiger partial charge on any atom is 0.252 e. The van der Waals surface area contributed by atoms with E-state index >= 15 is 0 Å². The Labute approximate surface area is 149 Å². The van der Waals surface area contributed by atoms with Crippen molar-refractivity contribution in [1.82, 2.24) is 0 Å². The third-order valence-electron chi connectivity index (χ3n) is 2.46. The van der Waals surface area contributed by atoms with Crippen LogP contribution < -0.4 is 4.74 Å². The zero-order valence-electron chi connectivity index (χ0n) is 11.9. The first-order chi connectivity index (χ1) is 10.2. The van der Waals surface area contributed by atoms with Gasteiger partial charge in [-0.1, -0.05) is 48.1 Å². The predicted octanol–water partition coefficient (Wildman–Crippen LogP) is 4.63. The molecule has 126 valence electrons. The van der Waals surface area contributed by atoms with E-state index in [1.54, 1.807) is 12.1 Å². The fourth-order valence-corrected chi connectivity index (χ4v) is 5.86. The summed E-state index contributed by atoms with van der Waals surface area (Å²) in [5.41, 5.74) is 0. The molecule has 0 saturated carbocycles. The molecule has 9 heteroatoms. The molecule has 0 radical (unpaired) electrons. The van der Waals surface area contributed by atoms with Gasteiger partial charge in [0.2, 0.25) is 8.87 Å². The van der Waals surface area contributed by atoms with Gasteiger partial charge in [0.15, 0.2) is 0 Å². The number of alkyl halides is 3. The molecule has 1 aromatic carbocycles. The maximum absolute atomic E-state index is 12.0. The first-order valence-corrected chi connectivity index (χ1v) is 10.5. The number of unbranched alkanes of at least 4 members (excludes halogenated alkanes) is 1. The molecular formula is C13H17Cl3O4S2. The molecule has 0 aliphatic carbocycles. The Morgan fingerprint density at radius 2 is 1.73 bits per heavy atom. The van der Waals surface area contributed by atoms with Gasteiger partial charge in [0.25, 0.3) is 3.12 Å². The lowest BCUT2D eigenvalue weighted by Gasteiger charge is -2.11. The highest BCUT2D eigenvalue weighted by Gasteiger charge is 2.31. The van der Waals surface area contributed by atoms with E-state index in [-0.39, 0.29) is 15.7 Å². The molecule has 0 fully saturated rings. The average Bonchev–Trinajstić information content (AvgIpc) is 2.40. The number of benzene rings is 1. The zero-order valence-corrected chi connectivity index (χ0v) is 15.8. The molecule has 0 aliphatic heterocycles. The SMILES string of the molecule is CCCCOCCOc1ccc(S(=O)(=O)SC(Cl)(Cl)Cl)cc1. The second-order valence-electron chi connectivity index (χ2n) is 4.27. The molecule has 0 heterocycles. The Bertz CT molecular complexity index is 541. The van der Waals surface area contributed by atoms with E-state index in [1.165, 1.54) is 12.1 Å². The first kappa shape index (κ1) is 20.2. The van der Waals surface area contributed by atoms with Crippen molar-refractivity contribution >= 4 is 54.5 Å². The molecule has 0 bridgehead atoms. The van der Waals surface area contributed by atoms with Crippen molar-refractivity contribution < 1.29 is 17.9 Å². The lowest BCUT2D eigenvalue weighted by molar-refractivity contribution is 0.0980. The van der Waals surface area contributed by atoms with Crippen LogP contribution in [0.1, 0.15) is 19.8 Å². The molecule has 0 aromatic heterocycles. The van der Waals surface area contributed by atoms with E-state index < -0.39 is 12.0 Å². The van der Waals surface area contributed by atoms with Gasteiger partial charge >= 0.3 is 0 Å². The highest BCUT2D eigenvalue weighted by molar-refractivity contribution is 8.73. The summed E-state index contributed by atoms with van der Waals surface area (Å²) in [7, 11) is -3.47. The smallest absolute Gasteiger partial charge is 0.252 e. The van der Waals surface area contributed by atoms with Gasteiger partial charge in [-0.15, -0.1) is 0 Å². The number of hydrogen-bond donors (Lipinski definition) is 0. The van der Waals surface area contributed by atoms with E-state index in [4.69, 9.17) is 44.3 Å². The summed E-state index contributed by atoms with van der Waals surface area (Å²) in [4.78, 5) is 0.0513. The third-order valence-corrected chi connectivity index (χ3v) is 7.22. The Balaban J connectivity index is 2.49. The second kappa shape index (κ2) is 9.45. The van der Waals surface area contributed by atoms with Gasteiger partial charge in [-0.3, -0.25) is 0 Å². The standard InChI is InChI=1S/C13H17Cl3O4S2/c1-2-3-8-19-9-10-20-11-4-6-12(7-5-11)22(17,18)21-13(14,15)16/h4-7H,2-3,8-10H2,1H3. The normalized spacial score (nSPS) is 12.4. The van der Waals surface area contributed by atoms with Gasteiger partial charge in [0, 0.05) is 17.4 Å². The highest BCUT2D eigenvalue weighted by atomic mass is 35.6. The minimum Gasteiger partial charge on any atom is -0.491 e. The summed E-state index contributed by atoms with van der Waals surface area (Å²) < 4.78 is 32.8. The second-order valence-corrected chi connectivity index (χ2v) is 11.2. The Hall–Kier alpha value is 0.150. The molecule has 4 nitrogen and oxygen atoms in total. The molecule has 1 rings (SSSR count). The quantitative estimate of drug-likeness (QED) is 0.339. The Morgan fingerprint density at radius 3 is 2.27 bits per heavy atom. The van der Waals surface area contributed by atoms with Gasteiger partial charge in [-0.2, -0.15) is 0 Å². The summed E-state index contributed by atoms with van der Waals surface area (Å²) in [6.45, 7) is 3.70. The third kappa shape index (κ3) is 8.13. The average molecular weight is 408 g/mol. The molecule has 0 amide bonds. The molecule has 1 aromatic rings. The molecule has 22 heavy (non-hydrogen) atoms. The van der Waals surface area contributed by atoms with Gasteiger partial charge < -0.3 is 9.47 Å². The molecule has 0 aliphatic rings. The van der Waals surface area contributed by atoms with Crippen LogP contribution in [0.25, 0.3) is 0 Å². The minimum absolute atomic E-state index is 0.0513. The molecule has 0 saturated heterocycles. The minimum atomic E-state index is -3.73. The topological polar surface area (TPSA) is 52.6 Å². The van der Waals surface area contributed by atoms with Crippen molar-refractivity contribution in [3.05, 3.63) is 24.3 Å². The van der Waals surface area contributed by atoms with Crippen molar-refractivity contribution in [1.29, 1.82) is 0 Å².